The van der Waals surface area contributed by atoms with Gasteiger partial charge in [0, 0.05) is 6.20 Å². The fraction of sp³-hybridized carbons (Fsp3) is 0.100. The van der Waals surface area contributed by atoms with Gasteiger partial charge in [-0.1, -0.05) is 6.07 Å². The first-order chi connectivity index (χ1) is 6.92. The molecule has 1 unspecified atom stereocenters. The van der Waals surface area contributed by atoms with Gasteiger partial charge in [0.1, 0.15) is 0 Å². The molecule has 0 saturated heterocycles. The van der Waals surface area contributed by atoms with Crippen LogP contribution in [0.1, 0.15) is 17.3 Å². The standard InChI is InChI=1S/C10H11N3S/c11-13-10(8-4-6-14-7-8)9-3-1-2-5-12-9/h1-7,10,13H,11H2. The minimum Gasteiger partial charge on any atom is -0.271 e. The van der Waals surface area contributed by atoms with Gasteiger partial charge in [0.05, 0.1) is 11.7 Å². The number of hydrogen-bond acceptors (Lipinski definition) is 4. The van der Waals surface area contributed by atoms with Crippen LogP contribution in [0.15, 0.2) is 41.2 Å². The molecule has 3 N–H and O–H groups in total. The van der Waals surface area contributed by atoms with Crippen molar-refractivity contribution in [1.29, 1.82) is 0 Å². The Hall–Kier alpha value is -1.23. The summed E-state index contributed by atoms with van der Waals surface area (Å²) in [5, 5.41) is 4.10. The Labute approximate surface area is 86.6 Å². The van der Waals surface area contributed by atoms with Crippen molar-refractivity contribution >= 4 is 11.3 Å². The Balaban J connectivity index is 2.31. The van der Waals surface area contributed by atoms with E-state index in [0.717, 1.165) is 11.3 Å². The van der Waals surface area contributed by atoms with E-state index in [2.05, 4.69) is 15.8 Å². The lowest BCUT2D eigenvalue weighted by atomic mass is 10.1. The van der Waals surface area contributed by atoms with Crippen molar-refractivity contribution < 1.29 is 0 Å². The topological polar surface area (TPSA) is 50.9 Å². The molecule has 2 aromatic heterocycles. The first-order valence-electron chi connectivity index (χ1n) is 4.31. The van der Waals surface area contributed by atoms with Crippen LogP contribution in [-0.2, 0) is 0 Å². The van der Waals surface area contributed by atoms with Crippen molar-refractivity contribution in [2.45, 2.75) is 6.04 Å². The van der Waals surface area contributed by atoms with E-state index in [1.54, 1.807) is 17.5 Å². The Morgan fingerprint density at radius 1 is 1.36 bits per heavy atom. The minimum atomic E-state index is -0.0116. The average Bonchev–Trinajstić information content (AvgIpc) is 2.74. The van der Waals surface area contributed by atoms with E-state index in [9.17, 15) is 0 Å². The highest BCUT2D eigenvalue weighted by molar-refractivity contribution is 7.08. The molecule has 0 aliphatic carbocycles. The van der Waals surface area contributed by atoms with Crippen LogP contribution >= 0.6 is 11.3 Å². The molecule has 0 fully saturated rings. The van der Waals surface area contributed by atoms with E-state index < -0.39 is 0 Å². The summed E-state index contributed by atoms with van der Waals surface area (Å²) in [6, 6.07) is 7.85. The number of nitrogens with zero attached hydrogens (tertiary/aromatic N) is 1. The summed E-state index contributed by atoms with van der Waals surface area (Å²) >= 11 is 1.65. The quantitative estimate of drug-likeness (QED) is 0.592. The second kappa shape index (κ2) is 4.32. The molecule has 2 heterocycles. The Morgan fingerprint density at radius 2 is 2.29 bits per heavy atom. The molecule has 0 spiro atoms. The fourth-order valence-corrected chi connectivity index (χ4v) is 2.02. The van der Waals surface area contributed by atoms with Crippen molar-refractivity contribution in [2.75, 3.05) is 0 Å². The van der Waals surface area contributed by atoms with Gasteiger partial charge in [-0.3, -0.25) is 10.8 Å². The zero-order valence-corrected chi connectivity index (χ0v) is 8.37. The van der Waals surface area contributed by atoms with E-state index in [4.69, 9.17) is 5.84 Å². The molecule has 3 nitrogen and oxygen atoms in total. The zero-order valence-electron chi connectivity index (χ0n) is 7.55. The lowest BCUT2D eigenvalue weighted by Crippen LogP contribution is -2.29. The van der Waals surface area contributed by atoms with Crippen LogP contribution in [-0.4, -0.2) is 4.98 Å². The number of nitrogens with two attached hydrogens (primary N) is 1. The normalized spacial score (nSPS) is 12.6. The molecule has 0 aromatic carbocycles. The largest absolute Gasteiger partial charge is 0.271 e. The molecule has 14 heavy (non-hydrogen) atoms. The fourth-order valence-electron chi connectivity index (χ4n) is 1.34. The maximum Gasteiger partial charge on any atom is 0.0889 e. The van der Waals surface area contributed by atoms with E-state index in [1.165, 1.54) is 0 Å². The molecule has 0 bridgehead atoms. The van der Waals surface area contributed by atoms with Gasteiger partial charge in [-0.05, 0) is 34.5 Å². The van der Waals surface area contributed by atoms with Crippen LogP contribution in [0.25, 0.3) is 0 Å². The predicted octanol–water partition coefficient (Wildman–Crippen LogP) is 1.70. The molecule has 4 heteroatoms. The molecule has 0 aliphatic rings. The maximum atomic E-state index is 5.51. The van der Waals surface area contributed by atoms with E-state index in [0.29, 0.717) is 0 Å². The van der Waals surface area contributed by atoms with Crippen LogP contribution in [0.2, 0.25) is 0 Å². The molecule has 1 atom stereocenters. The van der Waals surface area contributed by atoms with Crippen molar-refractivity contribution in [3.63, 3.8) is 0 Å². The van der Waals surface area contributed by atoms with Gasteiger partial charge in [0.25, 0.3) is 0 Å². The monoisotopic (exact) mass is 205 g/mol. The number of thiophene rings is 1. The molecule has 0 saturated carbocycles. The second-order valence-corrected chi connectivity index (χ2v) is 3.69. The first-order valence-corrected chi connectivity index (χ1v) is 5.25. The lowest BCUT2D eigenvalue weighted by molar-refractivity contribution is 0.622. The smallest absolute Gasteiger partial charge is 0.0889 e. The molecule has 2 aromatic rings. The first kappa shape index (κ1) is 9.33. The van der Waals surface area contributed by atoms with Crippen LogP contribution in [0, 0.1) is 0 Å². The van der Waals surface area contributed by atoms with Crippen molar-refractivity contribution in [1.82, 2.24) is 10.4 Å². The van der Waals surface area contributed by atoms with Gasteiger partial charge in [0.15, 0.2) is 0 Å². The highest BCUT2D eigenvalue weighted by atomic mass is 32.1. The number of hydrogen-bond donors (Lipinski definition) is 2. The maximum absolute atomic E-state index is 5.51. The zero-order chi connectivity index (χ0) is 9.80. The lowest BCUT2D eigenvalue weighted by Gasteiger charge is -2.13. The summed E-state index contributed by atoms with van der Waals surface area (Å²) in [5.41, 5.74) is 4.85. The highest BCUT2D eigenvalue weighted by Gasteiger charge is 2.12. The summed E-state index contributed by atoms with van der Waals surface area (Å²) in [4.78, 5) is 4.27. The number of nitrogens with one attached hydrogen (secondary N) is 1. The summed E-state index contributed by atoms with van der Waals surface area (Å²) in [5.74, 6) is 5.51. The Morgan fingerprint density at radius 3 is 2.86 bits per heavy atom. The Kier molecular flexibility index (Phi) is 2.88. The molecular weight excluding hydrogens is 194 g/mol. The third kappa shape index (κ3) is 1.82. The van der Waals surface area contributed by atoms with Gasteiger partial charge in [-0.2, -0.15) is 11.3 Å². The third-order valence-electron chi connectivity index (χ3n) is 2.03. The van der Waals surface area contributed by atoms with E-state index in [1.807, 2.05) is 29.6 Å². The molecule has 72 valence electrons. The highest BCUT2D eigenvalue weighted by Crippen LogP contribution is 2.21. The molecule has 0 radical (unpaired) electrons. The van der Waals surface area contributed by atoms with Crippen LogP contribution < -0.4 is 11.3 Å². The summed E-state index contributed by atoms with van der Waals surface area (Å²) in [6.07, 6.45) is 1.77. The minimum absolute atomic E-state index is 0.0116. The molecule has 0 aliphatic heterocycles. The third-order valence-corrected chi connectivity index (χ3v) is 2.73. The summed E-state index contributed by atoms with van der Waals surface area (Å²) < 4.78 is 0. The predicted molar refractivity (Wildman–Crippen MR) is 57.7 cm³/mol. The van der Waals surface area contributed by atoms with Crippen molar-refractivity contribution in [3.8, 4) is 0 Å². The van der Waals surface area contributed by atoms with Gasteiger partial charge >= 0.3 is 0 Å². The second-order valence-electron chi connectivity index (χ2n) is 2.91. The summed E-state index contributed by atoms with van der Waals surface area (Å²) in [6.45, 7) is 0. The SMILES string of the molecule is NNC(c1ccsc1)c1ccccn1. The molecular formula is C10H11N3S. The van der Waals surface area contributed by atoms with Crippen LogP contribution in [0.3, 0.4) is 0 Å². The van der Waals surface area contributed by atoms with E-state index >= 15 is 0 Å². The van der Waals surface area contributed by atoms with Crippen molar-refractivity contribution in [3.05, 3.63) is 52.5 Å². The van der Waals surface area contributed by atoms with Crippen LogP contribution in [0.5, 0.6) is 0 Å². The number of rotatable bonds is 3. The Bertz CT molecular complexity index is 372. The van der Waals surface area contributed by atoms with Gasteiger partial charge in [0.2, 0.25) is 0 Å². The van der Waals surface area contributed by atoms with E-state index in [-0.39, 0.29) is 6.04 Å². The number of aromatic nitrogens is 1. The van der Waals surface area contributed by atoms with Gasteiger partial charge in [-0.25, -0.2) is 5.43 Å². The number of pyridine rings is 1. The van der Waals surface area contributed by atoms with Gasteiger partial charge in [-0.15, -0.1) is 0 Å². The van der Waals surface area contributed by atoms with Gasteiger partial charge < -0.3 is 0 Å². The molecule has 2 rings (SSSR count). The number of hydrazine groups is 1. The van der Waals surface area contributed by atoms with Crippen LogP contribution in [0.4, 0.5) is 0 Å². The molecule has 0 amide bonds. The van der Waals surface area contributed by atoms with Crippen molar-refractivity contribution in [2.24, 2.45) is 5.84 Å². The average molecular weight is 205 g/mol. The summed E-state index contributed by atoms with van der Waals surface area (Å²) in [7, 11) is 0.